The van der Waals surface area contributed by atoms with E-state index in [9.17, 15) is 14.0 Å². The Hall–Kier alpha value is -2.21. The zero-order valence-electron chi connectivity index (χ0n) is 10.1. The number of carboxylic acids is 1. The van der Waals surface area contributed by atoms with Gasteiger partial charge in [0.05, 0.1) is 10.0 Å². The molecule has 0 saturated heterocycles. The number of aromatic carboxylic acids is 1. The highest BCUT2D eigenvalue weighted by atomic mass is 79.9. The van der Waals surface area contributed by atoms with Crippen molar-refractivity contribution in [1.82, 2.24) is 0 Å². The minimum atomic E-state index is -1.08. The maximum atomic E-state index is 13.1. The number of hydrogen-bond acceptors (Lipinski definition) is 2. The Bertz CT molecular complexity index is 688. The van der Waals surface area contributed by atoms with E-state index >= 15 is 0 Å². The van der Waals surface area contributed by atoms with Crippen molar-refractivity contribution in [2.45, 2.75) is 0 Å². The van der Waals surface area contributed by atoms with Crippen molar-refractivity contribution in [3.63, 3.8) is 0 Å². The molecule has 4 nitrogen and oxygen atoms in total. The van der Waals surface area contributed by atoms with E-state index in [0.717, 1.165) is 0 Å². The van der Waals surface area contributed by atoms with E-state index in [2.05, 4.69) is 21.2 Å². The monoisotopic (exact) mass is 337 g/mol. The maximum Gasteiger partial charge on any atom is 0.335 e. The second-order valence-corrected chi connectivity index (χ2v) is 4.82. The highest BCUT2D eigenvalue weighted by molar-refractivity contribution is 9.10. The van der Waals surface area contributed by atoms with Crippen LogP contribution in [-0.4, -0.2) is 17.0 Å². The number of hydrogen-bond donors (Lipinski definition) is 2. The summed E-state index contributed by atoms with van der Waals surface area (Å²) in [5.74, 6) is -1.99. The molecule has 0 bridgehead atoms. The highest BCUT2D eigenvalue weighted by Gasteiger charge is 2.10. The van der Waals surface area contributed by atoms with Gasteiger partial charge < -0.3 is 10.4 Å². The van der Waals surface area contributed by atoms with Crippen molar-refractivity contribution < 1.29 is 19.1 Å². The molecule has 2 aromatic rings. The summed E-state index contributed by atoms with van der Waals surface area (Å²) in [4.78, 5) is 22.8. The molecule has 0 heterocycles. The van der Waals surface area contributed by atoms with Gasteiger partial charge in [-0.1, -0.05) is 6.07 Å². The third-order valence-electron chi connectivity index (χ3n) is 2.55. The first-order valence-corrected chi connectivity index (χ1v) is 6.36. The Morgan fingerprint density at radius 1 is 1.10 bits per heavy atom. The standard InChI is InChI=1S/C14H9BrFNO3/c15-11-7-8(4-5-12(11)16)13(18)17-10-3-1-2-9(6-10)14(19)20/h1-7H,(H,17,18)(H,19,20). The van der Waals surface area contributed by atoms with Crippen LogP contribution in [0.5, 0.6) is 0 Å². The zero-order chi connectivity index (χ0) is 14.7. The van der Waals surface area contributed by atoms with Gasteiger partial charge in [0, 0.05) is 11.3 Å². The van der Waals surface area contributed by atoms with Crippen LogP contribution in [0.25, 0.3) is 0 Å². The topological polar surface area (TPSA) is 66.4 Å². The molecule has 20 heavy (non-hydrogen) atoms. The average Bonchev–Trinajstić information content (AvgIpc) is 2.42. The lowest BCUT2D eigenvalue weighted by Gasteiger charge is -2.06. The van der Waals surface area contributed by atoms with Gasteiger partial charge in [0.15, 0.2) is 0 Å². The molecule has 0 radical (unpaired) electrons. The molecule has 0 fully saturated rings. The summed E-state index contributed by atoms with van der Waals surface area (Å²) < 4.78 is 13.3. The lowest BCUT2D eigenvalue weighted by atomic mass is 10.1. The maximum absolute atomic E-state index is 13.1. The number of carbonyl (C=O) groups is 2. The molecule has 2 N–H and O–H groups in total. The molecular formula is C14H9BrFNO3. The fraction of sp³-hybridized carbons (Fsp3) is 0. The summed E-state index contributed by atoms with van der Waals surface area (Å²) in [5, 5.41) is 11.4. The van der Waals surface area contributed by atoms with Crippen LogP contribution in [0.4, 0.5) is 10.1 Å². The molecule has 0 aliphatic heterocycles. The third kappa shape index (κ3) is 3.21. The van der Waals surface area contributed by atoms with Gasteiger partial charge in [-0.2, -0.15) is 0 Å². The Kier molecular flexibility index (Phi) is 4.14. The molecule has 0 aliphatic carbocycles. The second-order valence-electron chi connectivity index (χ2n) is 3.97. The van der Waals surface area contributed by atoms with Gasteiger partial charge in [0.2, 0.25) is 0 Å². The number of rotatable bonds is 3. The molecule has 2 rings (SSSR count). The Balaban J connectivity index is 2.21. The van der Waals surface area contributed by atoms with E-state index in [-0.39, 0.29) is 15.6 Å². The predicted molar refractivity (Wildman–Crippen MR) is 75.5 cm³/mol. The molecule has 0 atom stereocenters. The normalized spacial score (nSPS) is 10.1. The van der Waals surface area contributed by atoms with Crippen molar-refractivity contribution in [2.24, 2.45) is 0 Å². The number of amides is 1. The molecule has 102 valence electrons. The van der Waals surface area contributed by atoms with Gasteiger partial charge in [-0.25, -0.2) is 9.18 Å². The summed E-state index contributed by atoms with van der Waals surface area (Å²) in [6.07, 6.45) is 0. The summed E-state index contributed by atoms with van der Waals surface area (Å²) in [7, 11) is 0. The smallest absolute Gasteiger partial charge is 0.335 e. The number of anilines is 1. The zero-order valence-corrected chi connectivity index (χ0v) is 11.6. The Morgan fingerprint density at radius 2 is 1.85 bits per heavy atom. The van der Waals surface area contributed by atoms with Crippen LogP contribution in [0.2, 0.25) is 0 Å². The van der Waals surface area contributed by atoms with Crippen molar-refractivity contribution in [3.05, 3.63) is 63.9 Å². The molecule has 6 heteroatoms. The predicted octanol–water partition coefficient (Wildman–Crippen LogP) is 3.54. The van der Waals surface area contributed by atoms with Gasteiger partial charge in [-0.15, -0.1) is 0 Å². The number of carbonyl (C=O) groups excluding carboxylic acids is 1. The minimum Gasteiger partial charge on any atom is -0.478 e. The lowest BCUT2D eigenvalue weighted by Crippen LogP contribution is -2.12. The second kappa shape index (κ2) is 5.83. The highest BCUT2D eigenvalue weighted by Crippen LogP contribution is 2.18. The van der Waals surface area contributed by atoms with Crippen LogP contribution in [0.1, 0.15) is 20.7 Å². The molecular weight excluding hydrogens is 329 g/mol. The summed E-state index contributed by atoms with van der Waals surface area (Å²) in [5.41, 5.74) is 0.692. The van der Waals surface area contributed by atoms with Crippen LogP contribution >= 0.6 is 15.9 Å². The first-order valence-electron chi connectivity index (χ1n) is 5.57. The third-order valence-corrected chi connectivity index (χ3v) is 3.16. The van der Waals surface area contributed by atoms with E-state index in [0.29, 0.717) is 5.69 Å². The van der Waals surface area contributed by atoms with Crippen LogP contribution in [0, 0.1) is 5.82 Å². The summed E-state index contributed by atoms with van der Waals surface area (Å²) in [6.45, 7) is 0. The quantitative estimate of drug-likeness (QED) is 0.900. The van der Waals surface area contributed by atoms with Crippen molar-refractivity contribution in [2.75, 3.05) is 5.32 Å². The Morgan fingerprint density at radius 3 is 2.50 bits per heavy atom. The van der Waals surface area contributed by atoms with Gasteiger partial charge in [0.25, 0.3) is 5.91 Å². The molecule has 1 amide bonds. The SMILES string of the molecule is O=C(O)c1cccc(NC(=O)c2ccc(F)c(Br)c2)c1. The van der Waals surface area contributed by atoms with Crippen molar-refractivity contribution in [3.8, 4) is 0 Å². The minimum absolute atomic E-state index is 0.0723. The number of carboxylic acid groups (broad SMARTS) is 1. The largest absolute Gasteiger partial charge is 0.478 e. The van der Waals surface area contributed by atoms with E-state index in [4.69, 9.17) is 5.11 Å². The van der Waals surface area contributed by atoms with Crippen LogP contribution in [0.3, 0.4) is 0 Å². The van der Waals surface area contributed by atoms with Crippen LogP contribution in [-0.2, 0) is 0 Å². The van der Waals surface area contributed by atoms with E-state index in [1.807, 2.05) is 0 Å². The molecule has 0 unspecified atom stereocenters. The van der Waals surface area contributed by atoms with Gasteiger partial charge in [0.1, 0.15) is 5.82 Å². The fourth-order valence-corrected chi connectivity index (χ4v) is 1.95. The lowest BCUT2D eigenvalue weighted by molar-refractivity contribution is 0.0696. The van der Waals surface area contributed by atoms with E-state index in [1.54, 1.807) is 6.07 Å². The van der Waals surface area contributed by atoms with Crippen LogP contribution in [0.15, 0.2) is 46.9 Å². The molecule has 0 aromatic heterocycles. The molecule has 0 spiro atoms. The van der Waals surface area contributed by atoms with Gasteiger partial charge in [-0.3, -0.25) is 4.79 Å². The average molecular weight is 338 g/mol. The van der Waals surface area contributed by atoms with Crippen molar-refractivity contribution >= 4 is 33.5 Å². The van der Waals surface area contributed by atoms with Gasteiger partial charge in [-0.05, 0) is 52.3 Å². The first-order chi connectivity index (χ1) is 9.47. The number of benzene rings is 2. The van der Waals surface area contributed by atoms with E-state index < -0.39 is 17.7 Å². The molecule has 0 aliphatic rings. The molecule has 2 aromatic carbocycles. The van der Waals surface area contributed by atoms with E-state index in [1.165, 1.54) is 36.4 Å². The number of nitrogens with one attached hydrogen (secondary N) is 1. The van der Waals surface area contributed by atoms with Crippen LogP contribution < -0.4 is 5.32 Å². The molecule has 0 saturated carbocycles. The summed E-state index contributed by atoms with van der Waals surface area (Å²) in [6, 6.07) is 9.74. The fourth-order valence-electron chi connectivity index (χ4n) is 1.57. The first kappa shape index (κ1) is 14.2. The Labute approximate surface area is 122 Å². The summed E-state index contributed by atoms with van der Waals surface area (Å²) >= 11 is 3.00. The number of halogens is 2. The van der Waals surface area contributed by atoms with Gasteiger partial charge >= 0.3 is 5.97 Å². The van der Waals surface area contributed by atoms with Crippen molar-refractivity contribution in [1.29, 1.82) is 0 Å².